The van der Waals surface area contributed by atoms with Crippen LogP contribution in [-0.4, -0.2) is 86.3 Å². The first-order valence-corrected chi connectivity index (χ1v) is 10.3. The molecule has 8 atom stereocenters. The predicted molar refractivity (Wildman–Crippen MR) is 110 cm³/mol. The number of rotatable bonds is 7. The van der Waals surface area contributed by atoms with Crippen LogP contribution in [-0.2, 0) is 9.47 Å². The van der Waals surface area contributed by atoms with Gasteiger partial charge in [-0.05, 0) is 5.56 Å². The lowest BCUT2D eigenvalue weighted by atomic mass is 9.98. The standard InChI is InChI=1S/C22H26O11/c1-30-19-13(20-21(33-20)14(25)9-5-3-2-4-6-9)10(24)7-11(15(19)26)31-18-12(8-23)32-22(29)17(28)16(18)27/h2-7,12,14,16-18,20-29H,8H2,1H3/t12-,14+,16-,17-,18-,20+,21+,22-/m1/s1. The number of aromatic hydroxyl groups is 2. The topological polar surface area (TPSA) is 182 Å². The first kappa shape index (κ1) is 23.5. The molecule has 0 spiro atoms. The van der Waals surface area contributed by atoms with E-state index >= 15 is 0 Å². The molecule has 0 unspecified atom stereocenters. The maximum atomic E-state index is 10.7. The Labute approximate surface area is 188 Å². The molecule has 11 heteroatoms. The lowest BCUT2D eigenvalue weighted by molar-refractivity contribution is -0.282. The zero-order chi connectivity index (χ0) is 23.9. The molecule has 0 saturated carbocycles. The third-order valence-electron chi connectivity index (χ3n) is 5.81. The van der Waals surface area contributed by atoms with Crippen LogP contribution >= 0.6 is 0 Å². The summed E-state index contributed by atoms with van der Waals surface area (Å²) in [5.41, 5.74) is 0.714. The fraction of sp³-hybridized carbons (Fsp3) is 0.455. The van der Waals surface area contributed by atoms with Crippen LogP contribution in [0.15, 0.2) is 36.4 Å². The monoisotopic (exact) mass is 466 g/mol. The molecule has 2 saturated heterocycles. The lowest BCUT2D eigenvalue weighted by Crippen LogP contribution is -2.60. The van der Waals surface area contributed by atoms with Crippen molar-refractivity contribution < 1.29 is 54.7 Å². The molecule has 0 amide bonds. The number of methoxy groups -OCH3 is 1. The molecule has 0 bridgehead atoms. The summed E-state index contributed by atoms with van der Waals surface area (Å²) in [7, 11) is 1.25. The zero-order valence-corrected chi connectivity index (χ0v) is 17.6. The third kappa shape index (κ3) is 4.32. The van der Waals surface area contributed by atoms with Crippen LogP contribution in [0.4, 0.5) is 0 Å². The Balaban J connectivity index is 1.60. The molecule has 11 nitrogen and oxygen atoms in total. The summed E-state index contributed by atoms with van der Waals surface area (Å²) in [6.45, 7) is -0.664. The zero-order valence-electron chi connectivity index (χ0n) is 17.6. The third-order valence-corrected chi connectivity index (χ3v) is 5.81. The molecule has 2 aromatic rings. The van der Waals surface area contributed by atoms with Gasteiger partial charge < -0.3 is 54.7 Å². The van der Waals surface area contributed by atoms with Gasteiger partial charge in [-0.2, -0.15) is 0 Å². The molecule has 2 aromatic carbocycles. The lowest BCUT2D eigenvalue weighted by Gasteiger charge is -2.40. The smallest absolute Gasteiger partial charge is 0.201 e. The van der Waals surface area contributed by atoms with Gasteiger partial charge in [0.05, 0.1) is 19.3 Å². The molecule has 2 aliphatic rings. The number of ether oxygens (including phenoxy) is 4. The van der Waals surface area contributed by atoms with E-state index in [2.05, 4.69) is 0 Å². The van der Waals surface area contributed by atoms with Gasteiger partial charge in [-0.1, -0.05) is 30.3 Å². The van der Waals surface area contributed by atoms with Crippen molar-refractivity contribution >= 4 is 0 Å². The van der Waals surface area contributed by atoms with Crippen molar-refractivity contribution in [3.63, 3.8) is 0 Å². The van der Waals surface area contributed by atoms with Crippen molar-refractivity contribution in [3.05, 3.63) is 47.5 Å². The van der Waals surface area contributed by atoms with Crippen LogP contribution in [0, 0.1) is 0 Å². The summed E-state index contributed by atoms with van der Waals surface area (Å²) >= 11 is 0. The van der Waals surface area contributed by atoms with Gasteiger partial charge in [0.2, 0.25) is 5.75 Å². The Kier molecular flexibility index (Phi) is 6.64. The Hall–Kier alpha value is -2.64. The highest BCUT2D eigenvalue weighted by Crippen LogP contribution is 2.56. The van der Waals surface area contributed by atoms with Gasteiger partial charge in [-0.3, -0.25) is 0 Å². The Bertz CT molecular complexity index is 967. The van der Waals surface area contributed by atoms with Gasteiger partial charge in [-0.25, -0.2) is 0 Å². The summed E-state index contributed by atoms with van der Waals surface area (Å²) < 4.78 is 21.4. The number of epoxide rings is 1. The number of phenolic OH excluding ortho intramolecular Hbond substituents is 2. The van der Waals surface area contributed by atoms with Gasteiger partial charge in [0.1, 0.15) is 42.4 Å². The second kappa shape index (κ2) is 9.31. The molecule has 2 heterocycles. The van der Waals surface area contributed by atoms with Crippen LogP contribution in [0.3, 0.4) is 0 Å². The molecule has 7 N–H and O–H groups in total. The van der Waals surface area contributed by atoms with Crippen LogP contribution in [0.1, 0.15) is 23.3 Å². The van der Waals surface area contributed by atoms with E-state index in [9.17, 15) is 35.7 Å². The summed E-state index contributed by atoms with van der Waals surface area (Å²) in [6.07, 6.45) is -10.2. The quantitative estimate of drug-likeness (QED) is 0.206. The summed E-state index contributed by atoms with van der Waals surface area (Å²) in [6, 6.07) is 9.86. The second-order valence-corrected chi connectivity index (χ2v) is 7.88. The average molecular weight is 466 g/mol. The maximum absolute atomic E-state index is 10.7. The minimum Gasteiger partial charge on any atom is -0.507 e. The second-order valence-electron chi connectivity index (χ2n) is 7.88. The molecule has 4 rings (SSSR count). The molecule has 33 heavy (non-hydrogen) atoms. The number of benzene rings is 2. The first-order chi connectivity index (χ1) is 15.8. The molecule has 0 radical (unpaired) electrons. The van der Waals surface area contributed by atoms with Crippen LogP contribution < -0.4 is 9.47 Å². The van der Waals surface area contributed by atoms with E-state index < -0.39 is 61.4 Å². The molecule has 2 aliphatic heterocycles. The van der Waals surface area contributed by atoms with E-state index in [0.717, 1.165) is 6.07 Å². The van der Waals surface area contributed by atoms with Crippen LogP contribution in [0.25, 0.3) is 0 Å². The minimum atomic E-state index is -1.74. The maximum Gasteiger partial charge on any atom is 0.201 e. The van der Waals surface area contributed by atoms with Crippen LogP contribution in [0.2, 0.25) is 0 Å². The average Bonchev–Trinajstić information content (AvgIpc) is 3.61. The number of hydrogen-bond acceptors (Lipinski definition) is 11. The highest BCUT2D eigenvalue weighted by Gasteiger charge is 2.50. The van der Waals surface area contributed by atoms with Gasteiger partial charge in [-0.15, -0.1) is 0 Å². The summed E-state index contributed by atoms with van der Waals surface area (Å²) in [4.78, 5) is 0. The molecule has 180 valence electrons. The minimum absolute atomic E-state index is 0.0944. The van der Waals surface area contributed by atoms with Crippen molar-refractivity contribution in [2.45, 2.75) is 49.0 Å². The molecular weight excluding hydrogens is 440 g/mol. The van der Waals surface area contributed by atoms with Gasteiger partial charge in [0.15, 0.2) is 23.9 Å². The van der Waals surface area contributed by atoms with E-state index in [0.29, 0.717) is 5.56 Å². The van der Waals surface area contributed by atoms with Crippen molar-refractivity contribution in [1.29, 1.82) is 0 Å². The van der Waals surface area contributed by atoms with Crippen LogP contribution in [0.5, 0.6) is 23.0 Å². The van der Waals surface area contributed by atoms with Gasteiger partial charge in [0.25, 0.3) is 0 Å². The van der Waals surface area contributed by atoms with Crippen molar-refractivity contribution in [3.8, 4) is 23.0 Å². The van der Waals surface area contributed by atoms with E-state index in [4.69, 9.17) is 18.9 Å². The molecule has 2 fully saturated rings. The van der Waals surface area contributed by atoms with E-state index in [1.807, 2.05) is 6.07 Å². The summed E-state index contributed by atoms with van der Waals surface area (Å²) in [5, 5.41) is 71.2. The Morgan fingerprint density at radius 3 is 2.36 bits per heavy atom. The summed E-state index contributed by atoms with van der Waals surface area (Å²) in [5.74, 6) is -1.42. The Morgan fingerprint density at radius 2 is 1.73 bits per heavy atom. The molecule has 0 aromatic heterocycles. The SMILES string of the molecule is COc1c(O)c(O[C@H]2[C@H](O)[C@@H](O)[C@H](O)O[C@@H]2CO)cc(O)c1[C@@H]1O[C@H]1[C@@H](O)c1ccccc1. The largest absolute Gasteiger partial charge is 0.507 e. The van der Waals surface area contributed by atoms with Gasteiger partial charge in [0, 0.05) is 6.07 Å². The van der Waals surface area contributed by atoms with Crippen molar-refractivity contribution in [2.75, 3.05) is 13.7 Å². The number of hydrogen-bond donors (Lipinski definition) is 7. The van der Waals surface area contributed by atoms with E-state index in [-0.39, 0.29) is 22.8 Å². The number of aliphatic hydroxyl groups excluding tert-OH is 5. The normalized spacial score (nSPS) is 32.2. The molecular formula is C22H26O11. The van der Waals surface area contributed by atoms with Gasteiger partial charge >= 0.3 is 0 Å². The highest BCUT2D eigenvalue weighted by atomic mass is 16.7. The first-order valence-electron chi connectivity index (χ1n) is 10.3. The fourth-order valence-corrected chi connectivity index (χ4v) is 3.99. The van der Waals surface area contributed by atoms with Crippen molar-refractivity contribution in [2.24, 2.45) is 0 Å². The Morgan fingerprint density at radius 1 is 1.03 bits per heavy atom. The predicted octanol–water partition coefficient (Wildman–Crippen LogP) is -0.541. The number of aliphatic hydroxyl groups is 5. The van der Waals surface area contributed by atoms with Crippen molar-refractivity contribution in [1.82, 2.24) is 0 Å². The number of phenols is 2. The van der Waals surface area contributed by atoms with E-state index in [1.54, 1.807) is 24.3 Å². The fourth-order valence-electron chi connectivity index (χ4n) is 3.99. The highest BCUT2D eigenvalue weighted by molar-refractivity contribution is 5.62. The van der Waals surface area contributed by atoms with E-state index in [1.165, 1.54) is 7.11 Å². The molecule has 0 aliphatic carbocycles.